The molecule has 1 aromatic carbocycles. The van der Waals surface area contributed by atoms with E-state index in [0.29, 0.717) is 18.5 Å². The summed E-state index contributed by atoms with van der Waals surface area (Å²) in [4.78, 5) is 29.8. The molecule has 1 fully saturated rings. The number of carboxylic acid groups (broad SMARTS) is 1. The average Bonchev–Trinajstić information content (AvgIpc) is 2.61. The fourth-order valence-corrected chi connectivity index (χ4v) is 3.37. The summed E-state index contributed by atoms with van der Waals surface area (Å²) in [6.07, 6.45) is 4.41. The van der Waals surface area contributed by atoms with Crippen molar-refractivity contribution in [3.63, 3.8) is 0 Å². The number of piperidine rings is 1. The number of amides is 1. The fraction of sp³-hybridized carbons (Fsp3) is 0.316. The lowest BCUT2D eigenvalue weighted by molar-refractivity contribution is -0.152. The molecule has 0 aliphatic carbocycles. The van der Waals surface area contributed by atoms with Gasteiger partial charge in [-0.1, -0.05) is 18.2 Å². The SMILES string of the molecule is O=C(O)[C@@H]1CCC(=O)N(CCc2cccnc2)[C@H]1c1cccc(F)c1. The van der Waals surface area contributed by atoms with Crippen LogP contribution in [0.15, 0.2) is 48.8 Å². The van der Waals surface area contributed by atoms with Crippen molar-refractivity contribution < 1.29 is 19.1 Å². The maximum atomic E-state index is 13.7. The van der Waals surface area contributed by atoms with Gasteiger partial charge in [0.25, 0.3) is 0 Å². The molecule has 1 amide bonds. The molecular formula is C19H19FN2O3. The van der Waals surface area contributed by atoms with Gasteiger partial charge in [0.05, 0.1) is 12.0 Å². The summed E-state index contributed by atoms with van der Waals surface area (Å²) in [7, 11) is 0. The highest BCUT2D eigenvalue weighted by Gasteiger charge is 2.40. The molecule has 1 aliphatic rings. The number of carbonyl (C=O) groups is 2. The van der Waals surface area contributed by atoms with Crippen LogP contribution in [0.1, 0.15) is 30.0 Å². The van der Waals surface area contributed by atoms with Gasteiger partial charge >= 0.3 is 5.97 Å². The molecule has 1 aliphatic heterocycles. The van der Waals surface area contributed by atoms with E-state index in [-0.39, 0.29) is 18.7 Å². The van der Waals surface area contributed by atoms with Crippen molar-refractivity contribution in [2.75, 3.05) is 6.54 Å². The Hall–Kier alpha value is -2.76. The standard InChI is InChI=1S/C19H19FN2O3/c20-15-5-1-4-14(11-15)18-16(19(24)25)6-7-17(23)22(18)10-8-13-3-2-9-21-12-13/h1-5,9,11-12,16,18H,6-8,10H2,(H,24,25)/t16-,18+/m1/s1. The summed E-state index contributed by atoms with van der Waals surface area (Å²) in [5.74, 6) is -2.25. The van der Waals surface area contributed by atoms with Gasteiger partial charge in [-0.05, 0) is 42.2 Å². The first-order valence-corrected chi connectivity index (χ1v) is 8.23. The molecule has 0 unspecified atom stereocenters. The van der Waals surface area contributed by atoms with Crippen molar-refractivity contribution in [2.24, 2.45) is 5.92 Å². The first kappa shape index (κ1) is 17.1. The van der Waals surface area contributed by atoms with E-state index >= 15 is 0 Å². The van der Waals surface area contributed by atoms with E-state index in [2.05, 4.69) is 4.98 Å². The summed E-state index contributed by atoms with van der Waals surface area (Å²) in [6.45, 7) is 0.371. The van der Waals surface area contributed by atoms with Crippen LogP contribution in [0.3, 0.4) is 0 Å². The highest BCUT2D eigenvalue weighted by atomic mass is 19.1. The normalized spacial score (nSPS) is 20.5. The lowest BCUT2D eigenvalue weighted by Gasteiger charge is -2.40. The van der Waals surface area contributed by atoms with Crippen LogP contribution in [0.2, 0.25) is 0 Å². The maximum Gasteiger partial charge on any atom is 0.308 e. The Bertz CT molecular complexity index is 766. The zero-order valence-corrected chi connectivity index (χ0v) is 13.6. The van der Waals surface area contributed by atoms with Crippen molar-refractivity contribution >= 4 is 11.9 Å². The molecule has 1 N–H and O–H groups in total. The number of pyridine rings is 1. The van der Waals surface area contributed by atoms with Crippen molar-refractivity contribution in [1.82, 2.24) is 9.88 Å². The Morgan fingerprint density at radius 2 is 2.16 bits per heavy atom. The van der Waals surface area contributed by atoms with Crippen molar-refractivity contribution in [3.05, 3.63) is 65.7 Å². The number of hydrogen-bond acceptors (Lipinski definition) is 3. The lowest BCUT2D eigenvalue weighted by atomic mass is 9.84. The maximum absolute atomic E-state index is 13.7. The second-order valence-corrected chi connectivity index (χ2v) is 6.18. The Labute approximate surface area is 145 Å². The smallest absolute Gasteiger partial charge is 0.308 e. The van der Waals surface area contributed by atoms with Gasteiger partial charge in [0, 0.05) is 25.4 Å². The summed E-state index contributed by atoms with van der Waals surface area (Å²) in [6, 6.07) is 8.91. The highest BCUT2D eigenvalue weighted by Crippen LogP contribution is 2.37. The van der Waals surface area contributed by atoms with Crippen molar-refractivity contribution in [2.45, 2.75) is 25.3 Å². The Kier molecular flexibility index (Phi) is 5.07. The van der Waals surface area contributed by atoms with Gasteiger partial charge in [0.2, 0.25) is 5.91 Å². The molecule has 6 heteroatoms. The number of benzene rings is 1. The van der Waals surface area contributed by atoms with E-state index in [4.69, 9.17) is 0 Å². The molecule has 3 rings (SSSR count). The zero-order chi connectivity index (χ0) is 17.8. The number of rotatable bonds is 5. The van der Waals surface area contributed by atoms with Gasteiger partial charge < -0.3 is 10.0 Å². The Morgan fingerprint density at radius 3 is 2.84 bits per heavy atom. The van der Waals surface area contributed by atoms with Gasteiger partial charge in [-0.3, -0.25) is 14.6 Å². The highest BCUT2D eigenvalue weighted by molar-refractivity contribution is 5.81. The topological polar surface area (TPSA) is 70.5 Å². The Morgan fingerprint density at radius 1 is 1.32 bits per heavy atom. The molecule has 0 radical (unpaired) electrons. The van der Waals surface area contributed by atoms with Gasteiger partial charge in [0.1, 0.15) is 5.82 Å². The minimum absolute atomic E-state index is 0.101. The van der Waals surface area contributed by atoms with Crippen LogP contribution in [0.25, 0.3) is 0 Å². The number of nitrogens with zero attached hydrogens (tertiary/aromatic N) is 2. The predicted octanol–water partition coefficient (Wildman–Crippen LogP) is 2.83. The second-order valence-electron chi connectivity index (χ2n) is 6.18. The summed E-state index contributed by atoms with van der Waals surface area (Å²) >= 11 is 0. The van der Waals surface area contributed by atoms with Crippen molar-refractivity contribution in [1.29, 1.82) is 0 Å². The van der Waals surface area contributed by atoms with Crippen LogP contribution in [0, 0.1) is 11.7 Å². The van der Waals surface area contributed by atoms with Crippen LogP contribution in [-0.2, 0) is 16.0 Å². The number of halogens is 1. The van der Waals surface area contributed by atoms with E-state index in [0.717, 1.165) is 5.56 Å². The molecule has 0 bridgehead atoms. The molecule has 25 heavy (non-hydrogen) atoms. The summed E-state index contributed by atoms with van der Waals surface area (Å²) in [5, 5.41) is 9.59. The van der Waals surface area contributed by atoms with Crippen LogP contribution in [-0.4, -0.2) is 33.4 Å². The Balaban J connectivity index is 1.90. The van der Waals surface area contributed by atoms with Gasteiger partial charge in [-0.2, -0.15) is 0 Å². The van der Waals surface area contributed by atoms with Gasteiger partial charge in [-0.25, -0.2) is 4.39 Å². The molecule has 0 saturated carbocycles. The molecule has 2 aromatic rings. The molecule has 1 aromatic heterocycles. The van der Waals surface area contributed by atoms with Crippen LogP contribution < -0.4 is 0 Å². The van der Waals surface area contributed by atoms with E-state index in [1.54, 1.807) is 29.4 Å². The number of carbonyl (C=O) groups excluding carboxylic acids is 1. The second kappa shape index (κ2) is 7.42. The van der Waals surface area contributed by atoms with E-state index in [1.165, 1.54) is 12.1 Å². The minimum Gasteiger partial charge on any atom is -0.481 e. The third-order valence-corrected chi connectivity index (χ3v) is 4.58. The quantitative estimate of drug-likeness (QED) is 0.907. The molecule has 5 nitrogen and oxygen atoms in total. The van der Waals surface area contributed by atoms with E-state index < -0.39 is 23.7 Å². The molecule has 1 saturated heterocycles. The van der Waals surface area contributed by atoms with Crippen LogP contribution in [0.4, 0.5) is 4.39 Å². The number of aromatic nitrogens is 1. The monoisotopic (exact) mass is 342 g/mol. The molecular weight excluding hydrogens is 323 g/mol. The third kappa shape index (κ3) is 3.84. The van der Waals surface area contributed by atoms with Gasteiger partial charge in [-0.15, -0.1) is 0 Å². The summed E-state index contributed by atoms with van der Waals surface area (Å²) < 4.78 is 13.7. The molecule has 2 atom stereocenters. The largest absolute Gasteiger partial charge is 0.481 e. The first-order chi connectivity index (χ1) is 12.1. The lowest BCUT2D eigenvalue weighted by Crippen LogP contribution is -2.46. The average molecular weight is 342 g/mol. The number of aliphatic carboxylic acids is 1. The third-order valence-electron chi connectivity index (χ3n) is 4.58. The molecule has 2 heterocycles. The van der Waals surface area contributed by atoms with Crippen LogP contribution >= 0.6 is 0 Å². The number of likely N-dealkylation sites (tertiary alicyclic amines) is 1. The number of carboxylic acids is 1. The molecule has 0 spiro atoms. The first-order valence-electron chi connectivity index (χ1n) is 8.23. The van der Waals surface area contributed by atoms with Gasteiger partial charge in [0.15, 0.2) is 0 Å². The number of hydrogen-bond donors (Lipinski definition) is 1. The summed E-state index contributed by atoms with van der Waals surface area (Å²) in [5.41, 5.74) is 1.48. The zero-order valence-electron chi connectivity index (χ0n) is 13.6. The van der Waals surface area contributed by atoms with E-state index in [9.17, 15) is 19.1 Å². The predicted molar refractivity (Wildman–Crippen MR) is 89.2 cm³/mol. The fourth-order valence-electron chi connectivity index (χ4n) is 3.37. The van der Waals surface area contributed by atoms with Crippen molar-refractivity contribution in [3.8, 4) is 0 Å². The van der Waals surface area contributed by atoms with Crippen LogP contribution in [0.5, 0.6) is 0 Å². The minimum atomic E-state index is -0.965. The van der Waals surface area contributed by atoms with E-state index in [1.807, 2.05) is 12.1 Å². The molecule has 130 valence electrons.